The normalized spacial score (nSPS) is 16.9. The highest BCUT2D eigenvalue weighted by Crippen LogP contribution is 2.23. The van der Waals surface area contributed by atoms with E-state index >= 15 is 0 Å². The van der Waals surface area contributed by atoms with Gasteiger partial charge >= 0.3 is 0 Å². The van der Waals surface area contributed by atoms with Crippen molar-refractivity contribution in [2.75, 3.05) is 11.9 Å². The molecular weight excluding hydrogens is 336 g/mol. The van der Waals surface area contributed by atoms with E-state index in [9.17, 15) is 8.42 Å². The van der Waals surface area contributed by atoms with Crippen LogP contribution in [0.25, 0.3) is 5.69 Å². The number of sulfonamides is 1. The summed E-state index contributed by atoms with van der Waals surface area (Å²) >= 11 is 0. The highest BCUT2D eigenvalue weighted by molar-refractivity contribution is 7.89. The van der Waals surface area contributed by atoms with Crippen LogP contribution in [0.5, 0.6) is 0 Å². The molecule has 2 heterocycles. The van der Waals surface area contributed by atoms with Gasteiger partial charge in [-0.25, -0.2) is 17.8 Å². The number of rotatable bonds is 4. The Bertz CT molecular complexity index is 969. The van der Waals surface area contributed by atoms with Gasteiger partial charge in [-0.2, -0.15) is 5.10 Å². The van der Waals surface area contributed by atoms with E-state index in [1.54, 1.807) is 30.3 Å². The third-order valence-corrected chi connectivity index (χ3v) is 5.70. The van der Waals surface area contributed by atoms with Gasteiger partial charge in [0, 0.05) is 24.3 Å². The number of fused-ring (bicyclic) bond motifs is 1. The Hall–Kier alpha value is -2.64. The van der Waals surface area contributed by atoms with Crippen LogP contribution >= 0.6 is 0 Å². The number of aromatic nitrogens is 2. The van der Waals surface area contributed by atoms with Gasteiger partial charge in [-0.3, -0.25) is 0 Å². The Balaban J connectivity index is 1.53. The van der Waals surface area contributed by atoms with Gasteiger partial charge in [0.15, 0.2) is 5.82 Å². The number of hydrogen-bond acceptors (Lipinski definition) is 4. The van der Waals surface area contributed by atoms with Crippen LogP contribution in [0.2, 0.25) is 0 Å². The fourth-order valence-electron chi connectivity index (χ4n) is 2.95. The number of nitrogens with one attached hydrogen (secondary N) is 2. The molecule has 1 aliphatic rings. The molecule has 0 saturated heterocycles. The van der Waals surface area contributed by atoms with Crippen molar-refractivity contribution in [3.05, 3.63) is 72.4 Å². The molecule has 1 unspecified atom stereocenters. The maximum absolute atomic E-state index is 12.5. The Morgan fingerprint density at radius 1 is 1.04 bits per heavy atom. The lowest BCUT2D eigenvalue weighted by Gasteiger charge is -2.23. The molecule has 4 rings (SSSR count). The Labute approximate surface area is 146 Å². The van der Waals surface area contributed by atoms with Gasteiger partial charge in [0.1, 0.15) is 0 Å². The van der Waals surface area contributed by atoms with Crippen LogP contribution in [0.3, 0.4) is 0 Å². The maximum Gasteiger partial charge on any atom is 0.240 e. The standard InChI is InChI=1S/C18H18N4O2S/c23-25(24,17-9-5-2-6-10-17)21-15-11-14-13-22(20-18(14)19-12-15)16-7-3-1-4-8-16/h1-10,13,15,21H,11-12H2,(H,19,20). The molecule has 6 nitrogen and oxygen atoms in total. The molecule has 2 N–H and O–H groups in total. The molecule has 0 fully saturated rings. The largest absolute Gasteiger partial charge is 0.367 e. The minimum atomic E-state index is -3.53. The van der Waals surface area contributed by atoms with Crippen LogP contribution < -0.4 is 10.0 Å². The number of para-hydroxylation sites is 1. The van der Waals surface area contributed by atoms with E-state index in [0.29, 0.717) is 13.0 Å². The fourth-order valence-corrected chi connectivity index (χ4v) is 4.21. The molecule has 1 aliphatic heterocycles. The van der Waals surface area contributed by atoms with Crippen LogP contribution in [-0.2, 0) is 16.4 Å². The third kappa shape index (κ3) is 3.29. The van der Waals surface area contributed by atoms with Gasteiger partial charge in [-0.05, 0) is 30.7 Å². The molecule has 3 aromatic rings. The smallest absolute Gasteiger partial charge is 0.240 e. The van der Waals surface area contributed by atoms with Crippen molar-refractivity contribution in [1.29, 1.82) is 0 Å². The van der Waals surface area contributed by atoms with Gasteiger partial charge in [-0.1, -0.05) is 36.4 Å². The van der Waals surface area contributed by atoms with E-state index in [0.717, 1.165) is 17.1 Å². The van der Waals surface area contributed by atoms with E-state index in [4.69, 9.17) is 0 Å². The van der Waals surface area contributed by atoms with Crippen molar-refractivity contribution in [1.82, 2.24) is 14.5 Å². The summed E-state index contributed by atoms with van der Waals surface area (Å²) < 4.78 is 29.5. The van der Waals surface area contributed by atoms with Crippen LogP contribution in [0.15, 0.2) is 71.8 Å². The van der Waals surface area contributed by atoms with E-state index < -0.39 is 10.0 Å². The number of anilines is 1. The maximum atomic E-state index is 12.5. The number of hydrogen-bond donors (Lipinski definition) is 2. The molecule has 0 amide bonds. The van der Waals surface area contributed by atoms with Crippen molar-refractivity contribution in [2.24, 2.45) is 0 Å². The average Bonchev–Trinajstić information content (AvgIpc) is 3.06. The van der Waals surface area contributed by atoms with Crippen molar-refractivity contribution in [3.8, 4) is 5.69 Å². The number of nitrogens with zero attached hydrogens (tertiary/aromatic N) is 2. The van der Waals surface area contributed by atoms with E-state index in [1.165, 1.54) is 0 Å². The average molecular weight is 354 g/mol. The van der Waals surface area contributed by atoms with Crippen LogP contribution in [0.1, 0.15) is 5.56 Å². The van der Waals surface area contributed by atoms with E-state index in [-0.39, 0.29) is 10.9 Å². The van der Waals surface area contributed by atoms with E-state index in [2.05, 4.69) is 15.1 Å². The second-order valence-corrected chi connectivity index (χ2v) is 7.71. The number of benzene rings is 2. The summed E-state index contributed by atoms with van der Waals surface area (Å²) in [5.74, 6) is 0.805. The molecule has 0 bridgehead atoms. The monoisotopic (exact) mass is 354 g/mol. The van der Waals surface area contributed by atoms with Gasteiger partial charge < -0.3 is 5.32 Å². The summed E-state index contributed by atoms with van der Waals surface area (Å²) in [5, 5.41) is 7.76. The van der Waals surface area contributed by atoms with Crippen LogP contribution in [-0.4, -0.2) is 30.8 Å². The molecule has 128 valence electrons. The van der Waals surface area contributed by atoms with Gasteiger partial charge in [-0.15, -0.1) is 0 Å². The minimum Gasteiger partial charge on any atom is -0.367 e. The first-order valence-electron chi connectivity index (χ1n) is 8.07. The molecule has 1 atom stereocenters. The first-order chi connectivity index (χ1) is 12.1. The third-order valence-electron chi connectivity index (χ3n) is 4.17. The first-order valence-corrected chi connectivity index (χ1v) is 9.55. The quantitative estimate of drug-likeness (QED) is 0.753. The molecule has 7 heteroatoms. The summed E-state index contributed by atoms with van der Waals surface area (Å²) in [6.45, 7) is 0.505. The fraction of sp³-hybridized carbons (Fsp3) is 0.167. The Kier molecular flexibility index (Phi) is 4.03. The highest BCUT2D eigenvalue weighted by Gasteiger charge is 2.26. The lowest BCUT2D eigenvalue weighted by Crippen LogP contribution is -2.43. The zero-order valence-electron chi connectivity index (χ0n) is 13.5. The SMILES string of the molecule is O=S(=O)(NC1CNc2nn(-c3ccccc3)cc2C1)c1ccccc1. The predicted molar refractivity (Wildman–Crippen MR) is 96.3 cm³/mol. The summed E-state index contributed by atoms with van der Waals surface area (Å²) in [6, 6.07) is 18.0. The van der Waals surface area contributed by atoms with Gasteiger partial charge in [0.05, 0.1) is 10.6 Å². The van der Waals surface area contributed by atoms with Crippen molar-refractivity contribution in [2.45, 2.75) is 17.4 Å². The molecule has 0 saturated carbocycles. The molecular formula is C18H18N4O2S. The Morgan fingerprint density at radius 3 is 2.44 bits per heavy atom. The molecule has 2 aromatic carbocycles. The minimum absolute atomic E-state index is 0.217. The molecule has 25 heavy (non-hydrogen) atoms. The zero-order chi connectivity index (χ0) is 17.3. The topological polar surface area (TPSA) is 76.0 Å². The van der Waals surface area contributed by atoms with Crippen molar-refractivity contribution < 1.29 is 8.42 Å². The summed E-state index contributed by atoms with van der Waals surface area (Å²) in [4.78, 5) is 0.278. The van der Waals surface area contributed by atoms with E-state index in [1.807, 2.05) is 41.2 Å². The zero-order valence-corrected chi connectivity index (χ0v) is 14.3. The van der Waals surface area contributed by atoms with Crippen LogP contribution in [0.4, 0.5) is 5.82 Å². The molecule has 1 aromatic heterocycles. The van der Waals surface area contributed by atoms with Crippen molar-refractivity contribution >= 4 is 15.8 Å². The second-order valence-electron chi connectivity index (χ2n) is 6.00. The lowest BCUT2D eigenvalue weighted by atomic mass is 10.1. The van der Waals surface area contributed by atoms with Crippen LogP contribution in [0, 0.1) is 0 Å². The molecule has 0 spiro atoms. The first kappa shape index (κ1) is 15.9. The highest BCUT2D eigenvalue weighted by atomic mass is 32.2. The Morgan fingerprint density at radius 2 is 1.72 bits per heavy atom. The summed E-state index contributed by atoms with van der Waals surface area (Å²) in [7, 11) is -3.53. The summed E-state index contributed by atoms with van der Waals surface area (Å²) in [5.41, 5.74) is 1.97. The molecule has 0 aliphatic carbocycles. The van der Waals surface area contributed by atoms with Crippen molar-refractivity contribution in [3.63, 3.8) is 0 Å². The second kappa shape index (κ2) is 6.34. The predicted octanol–water partition coefficient (Wildman–Crippen LogP) is 2.19. The lowest BCUT2D eigenvalue weighted by molar-refractivity contribution is 0.548. The summed E-state index contributed by atoms with van der Waals surface area (Å²) in [6.07, 6.45) is 2.54. The van der Waals surface area contributed by atoms with Gasteiger partial charge in [0.25, 0.3) is 0 Å². The molecule has 0 radical (unpaired) electrons. The van der Waals surface area contributed by atoms with Gasteiger partial charge in [0.2, 0.25) is 10.0 Å².